The van der Waals surface area contributed by atoms with Crippen LogP contribution in [-0.2, 0) is 9.59 Å². The first-order valence-corrected chi connectivity index (χ1v) is 12.8. The van der Waals surface area contributed by atoms with Crippen molar-refractivity contribution in [1.29, 1.82) is 0 Å². The Hall–Kier alpha value is -1.74. The molecular weight excluding hydrogens is 599 g/mol. The molecule has 0 spiro atoms. The minimum atomic E-state index is -0.730. The molecule has 0 aromatic heterocycles. The Morgan fingerprint density at radius 2 is 1.52 bits per heavy atom. The fraction of sp³-hybridized carbons (Fsp3) is 0.304. The van der Waals surface area contributed by atoms with Crippen LogP contribution in [0.1, 0.15) is 33.6 Å². The van der Waals surface area contributed by atoms with Crippen molar-refractivity contribution >= 4 is 78.6 Å². The Morgan fingerprint density at radius 3 is 2.06 bits per heavy atom. The number of halogens is 4. The smallest absolute Gasteiger partial charge is 0.274 e. The fourth-order valence-electron chi connectivity index (χ4n) is 4.20. The van der Waals surface area contributed by atoms with Crippen LogP contribution in [0.15, 0.2) is 48.5 Å². The SMILES string of the molecule is O=C(CN(C(=O)c1ccc(Cl)cc1Cl)N1C(=O)[C@H]2C[C@@H](Br)[C@@H](Br)C[C@H]2C1=O)c1ccccc1. The molecule has 1 heterocycles. The average molecular weight is 617 g/mol. The van der Waals surface area contributed by atoms with E-state index in [4.69, 9.17) is 23.2 Å². The number of nitrogens with zero attached hydrogens (tertiary/aromatic N) is 2. The molecule has 172 valence electrons. The molecule has 2 aliphatic rings. The normalized spacial score (nSPS) is 24.5. The molecule has 2 fully saturated rings. The topological polar surface area (TPSA) is 74.8 Å². The molecule has 4 atom stereocenters. The summed E-state index contributed by atoms with van der Waals surface area (Å²) in [5.74, 6) is -3.27. The first kappa shape index (κ1) is 24.4. The number of benzene rings is 2. The maximum absolute atomic E-state index is 13.5. The predicted octanol–water partition coefficient (Wildman–Crippen LogP) is 5.16. The van der Waals surface area contributed by atoms with E-state index in [-0.39, 0.29) is 20.2 Å². The lowest BCUT2D eigenvalue weighted by Gasteiger charge is -2.30. The number of fused-ring (bicyclic) bond motifs is 1. The summed E-state index contributed by atoms with van der Waals surface area (Å²) >= 11 is 19.3. The van der Waals surface area contributed by atoms with Crippen LogP contribution < -0.4 is 0 Å². The molecule has 0 radical (unpaired) electrons. The van der Waals surface area contributed by atoms with Crippen molar-refractivity contribution in [3.8, 4) is 0 Å². The quantitative estimate of drug-likeness (QED) is 0.264. The van der Waals surface area contributed by atoms with Gasteiger partial charge in [0, 0.05) is 20.2 Å². The summed E-state index contributed by atoms with van der Waals surface area (Å²) in [6, 6.07) is 12.7. The van der Waals surface area contributed by atoms with E-state index < -0.39 is 41.9 Å². The molecule has 1 aliphatic carbocycles. The van der Waals surface area contributed by atoms with Crippen molar-refractivity contribution in [2.24, 2.45) is 11.8 Å². The molecule has 10 heteroatoms. The Labute approximate surface area is 217 Å². The van der Waals surface area contributed by atoms with Crippen LogP contribution in [0.25, 0.3) is 0 Å². The lowest BCUT2D eigenvalue weighted by Crippen LogP contribution is -2.52. The van der Waals surface area contributed by atoms with Gasteiger partial charge in [-0.1, -0.05) is 85.4 Å². The van der Waals surface area contributed by atoms with E-state index in [1.165, 1.54) is 18.2 Å². The minimum Gasteiger partial charge on any atom is -0.292 e. The summed E-state index contributed by atoms with van der Waals surface area (Å²) in [7, 11) is 0. The van der Waals surface area contributed by atoms with Crippen molar-refractivity contribution in [1.82, 2.24) is 10.0 Å². The van der Waals surface area contributed by atoms with E-state index in [0.717, 1.165) is 10.0 Å². The second-order valence-electron chi connectivity index (χ2n) is 7.98. The summed E-state index contributed by atoms with van der Waals surface area (Å²) in [5, 5.41) is 2.14. The van der Waals surface area contributed by atoms with Gasteiger partial charge >= 0.3 is 0 Å². The van der Waals surface area contributed by atoms with Crippen LogP contribution in [0.2, 0.25) is 10.0 Å². The maximum Gasteiger partial charge on any atom is 0.274 e. The van der Waals surface area contributed by atoms with E-state index in [2.05, 4.69) is 31.9 Å². The molecule has 33 heavy (non-hydrogen) atoms. The lowest BCUT2D eigenvalue weighted by molar-refractivity contribution is -0.154. The van der Waals surface area contributed by atoms with E-state index in [0.29, 0.717) is 23.4 Å². The van der Waals surface area contributed by atoms with Crippen LogP contribution in [0.5, 0.6) is 0 Å². The number of alkyl halides is 2. The zero-order valence-electron chi connectivity index (χ0n) is 17.1. The first-order chi connectivity index (χ1) is 15.7. The highest BCUT2D eigenvalue weighted by atomic mass is 79.9. The molecule has 0 bridgehead atoms. The second kappa shape index (κ2) is 9.86. The van der Waals surface area contributed by atoms with Gasteiger partial charge in [-0.25, -0.2) is 5.01 Å². The van der Waals surface area contributed by atoms with Gasteiger partial charge in [-0.05, 0) is 31.0 Å². The van der Waals surface area contributed by atoms with Gasteiger partial charge in [-0.3, -0.25) is 19.2 Å². The fourth-order valence-corrected chi connectivity index (χ4v) is 5.93. The van der Waals surface area contributed by atoms with Gasteiger partial charge in [-0.15, -0.1) is 0 Å². The third-order valence-electron chi connectivity index (χ3n) is 5.91. The highest BCUT2D eigenvalue weighted by Crippen LogP contribution is 2.43. The molecule has 1 aliphatic heterocycles. The van der Waals surface area contributed by atoms with Crippen molar-refractivity contribution < 1.29 is 19.2 Å². The molecule has 0 unspecified atom stereocenters. The zero-order chi connectivity index (χ0) is 23.9. The first-order valence-electron chi connectivity index (χ1n) is 10.2. The summed E-state index contributed by atoms with van der Waals surface area (Å²) in [6.45, 7) is -0.492. The Morgan fingerprint density at radius 1 is 0.939 bits per heavy atom. The van der Waals surface area contributed by atoms with Crippen LogP contribution in [0, 0.1) is 11.8 Å². The van der Waals surface area contributed by atoms with Crippen molar-refractivity contribution in [2.45, 2.75) is 22.5 Å². The molecule has 2 aromatic carbocycles. The number of imide groups is 1. The molecule has 1 saturated carbocycles. The van der Waals surface area contributed by atoms with Gasteiger partial charge in [0.15, 0.2) is 5.78 Å². The minimum absolute atomic E-state index is 0.0104. The monoisotopic (exact) mass is 614 g/mol. The van der Waals surface area contributed by atoms with E-state index in [1.807, 2.05) is 0 Å². The van der Waals surface area contributed by atoms with Crippen molar-refractivity contribution in [2.75, 3.05) is 6.54 Å². The standard InChI is InChI=1S/C23H18Br2Cl2N2O4/c24-17-9-15-16(10-18(17)25)23(33)29(22(15)32)28(11-20(30)12-4-2-1-3-5-12)21(31)14-7-6-13(26)8-19(14)27/h1-8,15-18H,9-11H2/t15-,16+,17+,18-. The highest BCUT2D eigenvalue weighted by Gasteiger charge is 2.54. The largest absolute Gasteiger partial charge is 0.292 e. The van der Waals surface area contributed by atoms with Gasteiger partial charge in [0.2, 0.25) is 0 Å². The molecule has 3 amide bonds. The second-order valence-corrected chi connectivity index (χ2v) is 11.2. The number of hydrazine groups is 1. The van der Waals surface area contributed by atoms with Crippen LogP contribution in [0.4, 0.5) is 0 Å². The van der Waals surface area contributed by atoms with Crippen LogP contribution in [0.3, 0.4) is 0 Å². The van der Waals surface area contributed by atoms with Gasteiger partial charge in [0.1, 0.15) is 6.54 Å². The Bertz CT molecular complexity index is 1100. The number of hydrogen-bond acceptors (Lipinski definition) is 4. The predicted molar refractivity (Wildman–Crippen MR) is 132 cm³/mol. The maximum atomic E-state index is 13.5. The number of hydrogen-bond donors (Lipinski definition) is 0. The number of rotatable bonds is 5. The molecule has 0 N–H and O–H groups in total. The zero-order valence-corrected chi connectivity index (χ0v) is 21.8. The lowest BCUT2D eigenvalue weighted by atomic mass is 9.81. The number of carbonyl (C=O) groups is 4. The molecule has 4 rings (SSSR count). The number of amides is 3. The third kappa shape index (κ3) is 4.76. The van der Waals surface area contributed by atoms with E-state index >= 15 is 0 Å². The number of ketones is 1. The van der Waals surface area contributed by atoms with E-state index in [1.54, 1.807) is 30.3 Å². The third-order valence-corrected chi connectivity index (χ3v) is 9.20. The van der Waals surface area contributed by atoms with Crippen LogP contribution in [-0.4, -0.2) is 49.7 Å². The van der Waals surface area contributed by atoms with Crippen molar-refractivity contribution in [3.05, 3.63) is 69.7 Å². The van der Waals surface area contributed by atoms with Crippen LogP contribution >= 0.6 is 55.1 Å². The molecular formula is C23H18Br2Cl2N2O4. The number of carbonyl (C=O) groups excluding carboxylic acids is 4. The molecule has 1 saturated heterocycles. The summed E-state index contributed by atoms with van der Waals surface area (Å²) in [6.07, 6.45) is 0.885. The van der Waals surface area contributed by atoms with Gasteiger partial charge in [0.05, 0.1) is 22.4 Å². The Balaban J connectivity index is 1.72. The highest BCUT2D eigenvalue weighted by molar-refractivity contribution is 9.12. The van der Waals surface area contributed by atoms with E-state index in [9.17, 15) is 19.2 Å². The summed E-state index contributed by atoms with van der Waals surface area (Å²) < 4.78 is 0. The van der Waals surface area contributed by atoms with Gasteiger partial charge in [0.25, 0.3) is 17.7 Å². The average Bonchev–Trinajstić information content (AvgIpc) is 3.02. The summed E-state index contributed by atoms with van der Waals surface area (Å²) in [5.41, 5.74) is 0.393. The van der Waals surface area contributed by atoms with Gasteiger partial charge in [-0.2, -0.15) is 5.01 Å². The number of Topliss-reactive ketones (excluding diaryl/α,β-unsaturated/α-hetero) is 1. The molecule has 6 nitrogen and oxygen atoms in total. The molecule has 2 aromatic rings. The van der Waals surface area contributed by atoms with Crippen molar-refractivity contribution in [3.63, 3.8) is 0 Å². The summed E-state index contributed by atoms with van der Waals surface area (Å²) in [4.78, 5) is 53.3. The Kier molecular flexibility index (Phi) is 7.29. The van der Waals surface area contributed by atoms with Gasteiger partial charge < -0.3 is 0 Å².